The molecule has 78 valence electrons. The Balaban J connectivity index is 2.39. The lowest BCUT2D eigenvalue weighted by molar-refractivity contribution is 0.645. The zero-order valence-electron chi connectivity index (χ0n) is 8.89. The smallest absolute Gasteiger partial charge is 0.0407 e. The predicted molar refractivity (Wildman–Crippen MR) is 64.1 cm³/mol. The molecule has 0 spiro atoms. The highest BCUT2D eigenvalue weighted by Gasteiger charge is 2.00. The molecule has 0 aliphatic heterocycles. The zero-order chi connectivity index (χ0) is 10.4. The summed E-state index contributed by atoms with van der Waals surface area (Å²) in [6.45, 7) is 4.43. The highest BCUT2D eigenvalue weighted by Crippen LogP contribution is 2.15. The molecule has 1 aromatic rings. The number of anilines is 1. The summed E-state index contributed by atoms with van der Waals surface area (Å²) in [7, 11) is 0. The summed E-state index contributed by atoms with van der Waals surface area (Å²) in [5, 5.41) is 4.23. The van der Waals surface area contributed by atoms with Gasteiger partial charge in [0.05, 0.1) is 0 Å². The van der Waals surface area contributed by atoms with E-state index in [9.17, 15) is 0 Å². The van der Waals surface area contributed by atoms with E-state index in [-0.39, 0.29) is 0 Å². The van der Waals surface area contributed by atoms with E-state index in [1.165, 1.54) is 19.3 Å². The van der Waals surface area contributed by atoms with Crippen molar-refractivity contribution in [2.45, 2.75) is 39.2 Å². The quantitative estimate of drug-likeness (QED) is 0.765. The van der Waals surface area contributed by atoms with Gasteiger partial charge < -0.3 is 5.32 Å². The highest BCUT2D eigenvalue weighted by molar-refractivity contribution is 6.30. The van der Waals surface area contributed by atoms with Crippen LogP contribution in [0.4, 0.5) is 5.69 Å². The number of nitrogens with one attached hydrogen (secondary N) is 1. The number of unbranched alkanes of at least 4 members (excludes halogenated alkanes) is 1. The molecule has 0 aromatic heterocycles. The maximum Gasteiger partial charge on any atom is 0.0407 e. The minimum atomic E-state index is 0.538. The fraction of sp³-hybridized carbons (Fsp3) is 0.500. The molecule has 1 rings (SSSR count). The third-order valence-electron chi connectivity index (χ3n) is 2.25. The van der Waals surface area contributed by atoms with Gasteiger partial charge in [0.2, 0.25) is 0 Å². The minimum Gasteiger partial charge on any atom is -0.383 e. The summed E-state index contributed by atoms with van der Waals surface area (Å²) >= 11 is 5.80. The second-order valence-electron chi connectivity index (χ2n) is 3.69. The molecule has 0 aliphatic rings. The van der Waals surface area contributed by atoms with Gasteiger partial charge in [0.15, 0.2) is 0 Å². The van der Waals surface area contributed by atoms with Crippen LogP contribution in [-0.2, 0) is 0 Å². The third kappa shape index (κ3) is 4.01. The lowest BCUT2D eigenvalue weighted by atomic mass is 10.1. The maximum absolute atomic E-state index is 5.80. The van der Waals surface area contributed by atoms with E-state index in [4.69, 9.17) is 11.6 Å². The number of hydrogen-bond acceptors (Lipinski definition) is 1. The monoisotopic (exact) mass is 211 g/mol. The summed E-state index contributed by atoms with van der Waals surface area (Å²) in [4.78, 5) is 0. The summed E-state index contributed by atoms with van der Waals surface area (Å²) < 4.78 is 0. The van der Waals surface area contributed by atoms with Gasteiger partial charge in [-0.15, -0.1) is 0 Å². The van der Waals surface area contributed by atoms with Gasteiger partial charge in [0, 0.05) is 16.8 Å². The van der Waals surface area contributed by atoms with E-state index in [1.54, 1.807) is 0 Å². The van der Waals surface area contributed by atoms with Crippen molar-refractivity contribution in [1.82, 2.24) is 0 Å². The van der Waals surface area contributed by atoms with Gasteiger partial charge in [-0.1, -0.05) is 31.4 Å². The Hall–Kier alpha value is -0.690. The van der Waals surface area contributed by atoms with Crippen LogP contribution in [0.3, 0.4) is 0 Å². The molecule has 0 saturated carbocycles. The van der Waals surface area contributed by atoms with Crippen molar-refractivity contribution in [2.24, 2.45) is 0 Å². The Bertz CT molecular complexity index is 256. The average Bonchev–Trinajstić information content (AvgIpc) is 2.18. The fourth-order valence-corrected chi connectivity index (χ4v) is 1.54. The first-order valence-corrected chi connectivity index (χ1v) is 5.62. The van der Waals surface area contributed by atoms with Crippen LogP contribution >= 0.6 is 11.6 Å². The van der Waals surface area contributed by atoms with E-state index >= 15 is 0 Å². The average molecular weight is 212 g/mol. The molecule has 2 heteroatoms. The molecule has 1 unspecified atom stereocenters. The largest absolute Gasteiger partial charge is 0.383 e. The topological polar surface area (TPSA) is 12.0 Å². The molecular weight excluding hydrogens is 194 g/mol. The van der Waals surface area contributed by atoms with Crippen LogP contribution in [-0.4, -0.2) is 6.04 Å². The van der Waals surface area contributed by atoms with Crippen molar-refractivity contribution in [1.29, 1.82) is 0 Å². The number of halogens is 1. The van der Waals surface area contributed by atoms with E-state index in [1.807, 2.05) is 24.3 Å². The standard InChI is InChI=1S/C12H18ClN/c1-3-4-5-10(2)14-12-8-6-11(13)7-9-12/h6-10,14H,3-5H2,1-2H3. The Morgan fingerprint density at radius 3 is 2.50 bits per heavy atom. The van der Waals surface area contributed by atoms with Crippen LogP contribution in [0.2, 0.25) is 5.02 Å². The molecule has 1 atom stereocenters. The van der Waals surface area contributed by atoms with Gasteiger partial charge in [-0.05, 0) is 37.6 Å². The van der Waals surface area contributed by atoms with Crippen LogP contribution in [0, 0.1) is 0 Å². The Morgan fingerprint density at radius 2 is 1.93 bits per heavy atom. The molecule has 1 nitrogen and oxygen atoms in total. The highest BCUT2D eigenvalue weighted by atomic mass is 35.5. The summed E-state index contributed by atoms with van der Waals surface area (Å²) in [5.41, 5.74) is 1.15. The molecule has 0 bridgehead atoms. The van der Waals surface area contributed by atoms with Crippen molar-refractivity contribution < 1.29 is 0 Å². The molecule has 0 saturated heterocycles. The summed E-state index contributed by atoms with van der Waals surface area (Å²) in [5.74, 6) is 0. The molecule has 1 N–H and O–H groups in total. The Morgan fingerprint density at radius 1 is 1.29 bits per heavy atom. The van der Waals surface area contributed by atoms with Crippen LogP contribution in [0.5, 0.6) is 0 Å². The Kier molecular flexibility index (Phi) is 4.81. The first-order chi connectivity index (χ1) is 6.72. The van der Waals surface area contributed by atoms with Gasteiger partial charge in [-0.25, -0.2) is 0 Å². The van der Waals surface area contributed by atoms with E-state index in [2.05, 4.69) is 19.2 Å². The second-order valence-corrected chi connectivity index (χ2v) is 4.13. The van der Waals surface area contributed by atoms with Gasteiger partial charge in [0.25, 0.3) is 0 Å². The SMILES string of the molecule is CCCCC(C)Nc1ccc(Cl)cc1. The van der Waals surface area contributed by atoms with Crippen molar-refractivity contribution in [3.8, 4) is 0 Å². The van der Waals surface area contributed by atoms with Crippen molar-refractivity contribution in [3.05, 3.63) is 29.3 Å². The molecule has 14 heavy (non-hydrogen) atoms. The van der Waals surface area contributed by atoms with Gasteiger partial charge in [0.1, 0.15) is 0 Å². The molecular formula is C12H18ClN. The molecule has 0 heterocycles. The molecule has 1 aromatic carbocycles. The van der Waals surface area contributed by atoms with Crippen LogP contribution in [0.15, 0.2) is 24.3 Å². The van der Waals surface area contributed by atoms with Crippen LogP contribution in [0.1, 0.15) is 33.1 Å². The van der Waals surface area contributed by atoms with Crippen molar-refractivity contribution in [2.75, 3.05) is 5.32 Å². The fourth-order valence-electron chi connectivity index (χ4n) is 1.41. The van der Waals surface area contributed by atoms with Crippen molar-refractivity contribution in [3.63, 3.8) is 0 Å². The summed E-state index contributed by atoms with van der Waals surface area (Å²) in [6.07, 6.45) is 3.76. The van der Waals surface area contributed by atoms with Crippen molar-refractivity contribution >= 4 is 17.3 Å². The normalized spacial score (nSPS) is 12.5. The lowest BCUT2D eigenvalue weighted by Gasteiger charge is -2.14. The Labute approximate surface area is 91.5 Å². The first kappa shape index (κ1) is 11.4. The minimum absolute atomic E-state index is 0.538. The van der Waals surface area contributed by atoms with E-state index < -0.39 is 0 Å². The first-order valence-electron chi connectivity index (χ1n) is 5.24. The number of hydrogen-bond donors (Lipinski definition) is 1. The van der Waals surface area contributed by atoms with Gasteiger partial charge in [-0.2, -0.15) is 0 Å². The molecule has 0 fully saturated rings. The third-order valence-corrected chi connectivity index (χ3v) is 2.50. The molecule has 0 radical (unpaired) electrons. The molecule has 0 aliphatic carbocycles. The maximum atomic E-state index is 5.80. The van der Waals surface area contributed by atoms with Crippen LogP contribution < -0.4 is 5.32 Å². The van der Waals surface area contributed by atoms with Gasteiger partial charge >= 0.3 is 0 Å². The zero-order valence-corrected chi connectivity index (χ0v) is 9.64. The predicted octanol–water partition coefficient (Wildman–Crippen LogP) is 4.33. The van der Waals surface area contributed by atoms with E-state index in [0.29, 0.717) is 6.04 Å². The van der Waals surface area contributed by atoms with E-state index in [0.717, 1.165) is 10.7 Å². The lowest BCUT2D eigenvalue weighted by Crippen LogP contribution is -2.14. The number of rotatable bonds is 5. The second kappa shape index (κ2) is 5.92. The number of benzene rings is 1. The van der Waals surface area contributed by atoms with Gasteiger partial charge in [-0.3, -0.25) is 0 Å². The summed E-state index contributed by atoms with van der Waals surface area (Å²) in [6, 6.07) is 8.40. The van der Waals surface area contributed by atoms with Crippen LogP contribution in [0.25, 0.3) is 0 Å². The molecule has 0 amide bonds.